The Kier molecular flexibility index (Phi) is 4.48. The van der Waals surface area contributed by atoms with Gasteiger partial charge in [-0.1, -0.05) is 12.1 Å². The first-order valence-corrected chi connectivity index (χ1v) is 11.1. The Morgan fingerprint density at radius 2 is 2.00 bits per heavy atom. The zero-order chi connectivity index (χ0) is 19.3. The molecular weight excluding hydrogens is 368 g/mol. The molecule has 0 aliphatic heterocycles. The van der Waals surface area contributed by atoms with Crippen molar-refractivity contribution in [2.45, 2.75) is 58.0 Å². The Hall–Kier alpha value is -2.18. The lowest BCUT2D eigenvalue weighted by Gasteiger charge is -2.15. The second kappa shape index (κ2) is 7.01. The Labute approximate surface area is 169 Å². The molecule has 2 N–H and O–H groups in total. The number of amides is 1. The summed E-state index contributed by atoms with van der Waals surface area (Å²) in [6.07, 6.45) is 4.66. The topological polar surface area (TPSA) is 58.4 Å². The first-order chi connectivity index (χ1) is 13.6. The lowest BCUT2D eigenvalue weighted by Crippen LogP contribution is -2.20. The van der Waals surface area contributed by atoms with Gasteiger partial charge in [-0.15, -0.1) is 11.3 Å². The predicted octanol–water partition coefficient (Wildman–Crippen LogP) is 4.78. The van der Waals surface area contributed by atoms with Crippen LogP contribution < -0.4 is 10.6 Å². The van der Waals surface area contributed by atoms with E-state index in [0.29, 0.717) is 0 Å². The van der Waals surface area contributed by atoms with E-state index in [9.17, 15) is 4.79 Å². The minimum Gasteiger partial charge on any atom is -0.326 e. The lowest BCUT2D eigenvalue weighted by molar-refractivity contribution is -0.117. The molecule has 0 saturated heterocycles. The molecule has 0 radical (unpaired) electrons. The van der Waals surface area contributed by atoms with Gasteiger partial charge in [0.15, 0.2) is 4.96 Å². The van der Waals surface area contributed by atoms with Crippen molar-refractivity contribution in [2.24, 2.45) is 5.92 Å². The molecule has 6 heteroatoms. The van der Waals surface area contributed by atoms with E-state index in [2.05, 4.69) is 46.4 Å². The fraction of sp³-hybridized carbons (Fsp3) is 0.455. The monoisotopic (exact) mass is 394 g/mol. The molecule has 1 aromatic carbocycles. The van der Waals surface area contributed by atoms with Gasteiger partial charge in [-0.2, -0.15) is 0 Å². The Balaban J connectivity index is 1.26. The maximum atomic E-state index is 11.9. The normalized spacial score (nSPS) is 17.8. The minimum atomic E-state index is 0.154. The zero-order valence-electron chi connectivity index (χ0n) is 16.4. The summed E-state index contributed by atoms with van der Waals surface area (Å²) in [6.45, 7) is 5.08. The number of aryl methyl sites for hydroxylation is 1. The number of hydrogen-bond donors (Lipinski definition) is 2. The summed E-state index contributed by atoms with van der Waals surface area (Å²) in [7, 11) is 0. The van der Waals surface area contributed by atoms with Gasteiger partial charge in [-0.3, -0.25) is 9.20 Å². The van der Waals surface area contributed by atoms with Gasteiger partial charge in [0, 0.05) is 41.2 Å². The largest absolute Gasteiger partial charge is 0.326 e. The summed E-state index contributed by atoms with van der Waals surface area (Å²) in [5.41, 5.74) is 5.93. The summed E-state index contributed by atoms with van der Waals surface area (Å²) in [5, 5.41) is 8.94. The molecule has 5 nitrogen and oxygen atoms in total. The number of anilines is 1. The molecule has 2 fully saturated rings. The maximum Gasteiger partial charge on any atom is 0.227 e. The molecule has 1 atom stereocenters. The van der Waals surface area contributed by atoms with Crippen molar-refractivity contribution in [1.29, 1.82) is 0 Å². The average Bonchev–Trinajstić information content (AvgIpc) is 3.60. The number of carbonyl (C=O) groups is 1. The quantitative estimate of drug-likeness (QED) is 0.606. The number of fused-ring (bicyclic) bond motifs is 1. The van der Waals surface area contributed by atoms with Crippen LogP contribution in [0.2, 0.25) is 0 Å². The molecule has 3 aromatic rings. The van der Waals surface area contributed by atoms with Gasteiger partial charge in [0.25, 0.3) is 0 Å². The van der Waals surface area contributed by atoms with Crippen LogP contribution in [0.4, 0.5) is 5.69 Å². The third-order valence-corrected chi connectivity index (χ3v) is 6.73. The smallest absolute Gasteiger partial charge is 0.227 e. The fourth-order valence-electron chi connectivity index (χ4n) is 3.72. The Morgan fingerprint density at radius 3 is 2.68 bits per heavy atom. The van der Waals surface area contributed by atoms with E-state index in [4.69, 9.17) is 4.98 Å². The van der Waals surface area contributed by atoms with Crippen molar-refractivity contribution >= 4 is 27.9 Å². The standard InChI is InChI=1S/C22H26N4OS/c1-13(15-7-9-18(10-8-15)25-21(27)17-5-6-17)23-11-19-14(2)24-22-26(19)20(12-28-22)16-3-4-16/h7-10,12-13,16-17,23H,3-6,11H2,1-2H3,(H,25,27). The van der Waals surface area contributed by atoms with Gasteiger partial charge >= 0.3 is 0 Å². The number of benzene rings is 1. The highest BCUT2D eigenvalue weighted by molar-refractivity contribution is 7.15. The number of imidazole rings is 1. The van der Waals surface area contributed by atoms with Gasteiger partial charge in [0.1, 0.15) is 0 Å². The van der Waals surface area contributed by atoms with Crippen molar-refractivity contribution < 1.29 is 4.79 Å². The van der Waals surface area contributed by atoms with Crippen molar-refractivity contribution in [1.82, 2.24) is 14.7 Å². The first-order valence-electron chi connectivity index (χ1n) is 10.2. The molecule has 0 bridgehead atoms. The molecule has 5 rings (SSSR count). The molecule has 146 valence electrons. The van der Waals surface area contributed by atoms with E-state index in [1.165, 1.54) is 29.8 Å². The van der Waals surface area contributed by atoms with Crippen molar-refractivity contribution in [3.8, 4) is 0 Å². The van der Waals surface area contributed by atoms with Crippen LogP contribution in [0.3, 0.4) is 0 Å². The van der Waals surface area contributed by atoms with Crippen LogP contribution in [0.25, 0.3) is 4.96 Å². The van der Waals surface area contributed by atoms with Crippen molar-refractivity contribution in [3.63, 3.8) is 0 Å². The summed E-state index contributed by atoms with van der Waals surface area (Å²) in [5.74, 6) is 1.10. The highest BCUT2D eigenvalue weighted by Crippen LogP contribution is 2.42. The molecule has 2 aliphatic rings. The third kappa shape index (κ3) is 3.47. The third-order valence-electron chi connectivity index (χ3n) is 5.88. The van der Waals surface area contributed by atoms with Crippen molar-refractivity contribution in [3.05, 3.63) is 52.3 Å². The number of carbonyl (C=O) groups excluding carboxylic acids is 1. The van der Waals surface area contributed by atoms with Crippen LogP contribution in [0.1, 0.15) is 67.2 Å². The number of nitrogens with one attached hydrogen (secondary N) is 2. The van der Waals surface area contributed by atoms with E-state index in [0.717, 1.165) is 41.6 Å². The van der Waals surface area contributed by atoms with Crippen LogP contribution in [0, 0.1) is 12.8 Å². The predicted molar refractivity (Wildman–Crippen MR) is 113 cm³/mol. The van der Waals surface area contributed by atoms with E-state index in [-0.39, 0.29) is 17.9 Å². The van der Waals surface area contributed by atoms with Crippen LogP contribution in [0.5, 0.6) is 0 Å². The van der Waals surface area contributed by atoms with Crippen molar-refractivity contribution in [2.75, 3.05) is 5.32 Å². The minimum absolute atomic E-state index is 0.154. The second-order valence-corrected chi connectivity index (χ2v) is 9.02. The van der Waals surface area contributed by atoms with Gasteiger partial charge in [0.05, 0.1) is 11.4 Å². The Bertz CT molecular complexity index is 1010. The van der Waals surface area contributed by atoms with Gasteiger partial charge < -0.3 is 10.6 Å². The number of aromatic nitrogens is 2. The second-order valence-electron chi connectivity index (χ2n) is 8.18. The lowest BCUT2D eigenvalue weighted by atomic mass is 10.1. The molecule has 2 heterocycles. The van der Waals surface area contributed by atoms with E-state index in [1.54, 1.807) is 11.3 Å². The molecule has 1 unspecified atom stereocenters. The molecule has 2 saturated carbocycles. The molecular formula is C22H26N4OS. The molecule has 28 heavy (non-hydrogen) atoms. The highest BCUT2D eigenvalue weighted by Gasteiger charge is 2.30. The van der Waals surface area contributed by atoms with Crippen LogP contribution in [-0.4, -0.2) is 15.3 Å². The summed E-state index contributed by atoms with van der Waals surface area (Å²) < 4.78 is 2.37. The first kappa shape index (κ1) is 17.9. The number of thiazole rings is 1. The summed E-state index contributed by atoms with van der Waals surface area (Å²) in [4.78, 5) is 17.8. The van der Waals surface area contributed by atoms with Gasteiger partial charge in [-0.25, -0.2) is 4.98 Å². The average molecular weight is 395 g/mol. The molecule has 1 amide bonds. The number of rotatable bonds is 7. The maximum absolute atomic E-state index is 11.9. The zero-order valence-corrected chi connectivity index (χ0v) is 17.2. The van der Waals surface area contributed by atoms with Gasteiger partial charge in [-0.05, 0) is 57.2 Å². The van der Waals surface area contributed by atoms with E-state index >= 15 is 0 Å². The summed E-state index contributed by atoms with van der Waals surface area (Å²) >= 11 is 1.75. The molecule has 0 spiro atoms. The molecule has 2 aromatic heterocycles. The number of hydrogen-bond acceptors (Lipinski definition) is 4. The molecule has 2 aliphatic carbocycles. The summed E-state index contributed by atoms with van der Waals surface area (Å²) in [6, 6.07) is 8.42. The van der Waals surface area contributed by atoms with Crippen LogP contribution >= 0.6 is 11.3 Å². The fourth-order valence-corrected chi connectivity index (χ4v) is 4.76. The van der Waals surface area contributed by atoms with Crippen LogP contribution in [0.15, 0.2) is 29.6 Å². The van der Waals surface area contributed by atoms with E-state index < -0.39 is 0 Å². The van der Waals surface area contributed by atoms with E-state index in [1.807, 2.05) is 12.1 Å². The Morgan fingerprint density at radius 1 is 1.25 bits per heavy atom. The van der Waals surface area contributed by atoms with Crippen LogP contribution in [-0.2, 0) is 11.3 Å². The SMILES string of the molecule is Cc1nc2scc(C3CC3)n2c1CNC(C)c1ccc(NC(=O)C2CC2)cc1. The number of nitrogens with zero attached hydrogens (tertiary/aromatic N) is 2. The highest BCUT2D eigenvalue weighted by atomic mass is 32.1. The van der Waals surface area contributed by atoms with Gasteiger partial charge in [0.2, 0.25) is 5.91 Å².